The molecule has 1 atom stereocenters. The van der Waals surface area contributed by atoms with E-state index >= 15 is 0 Å². The highest BCUT2D eigenvalue weighted by atomic mass is 32.1. The van der Waals surface area contributed by atoms with Gasteiger partial charge in [-0.3, -0.25) is 4.79 Å². The molecule has 0 fully saturated rings. The van der Waals surface area contributed by atoms with Crippen molar-refractivity contribution in [2.75, 3.05) is 6.54 Å². The third-order valence-corrected chi connectivity index (χ3v) is 3.78. The number of fused-ring (bicyclic) bond motifs is 1. The first-order valence-corrected chi connectivity index (χ1v) is 6.17. The lowest BCUT2D eigenvalue weighted by atomic mass is 9.94. The summed E-state index contributed by atoms with van der Waals surface area (Å²) in [6.45, 7) is 0.565. The van der Waals surface area contributed by atoms with Crippen LogP contribution >= 0.6 is 11.3 Å². The van der Waals surface area contributed by atoms with Crippen molar-refractivity contribution >= 4 is 17.3 Å². The molecule has 3 nitrogen and oxygen atoms in total. The number of carboxylic acid groups (broad SMARTS) is 1. The number of carboxylic acids is 1. The first kappa shape index (κ1) is 10.6. The monoisotopic (exact) mass is 225 g/mol. The van der Waals surface area contributed by atoms with Gasteiger partial charge in [-0.25, -0.2) is 0 Å². The van der Waals surface area contributed by atoms with Crippen molar-refractivity contribution in [1.29, 1.82) is 0 Å². The summed E-state index contributed by atoms with van der Waals surface area (Å²) >= 11 is 1.81. The summed E-state index contributed by atoms with van der Waals surface area (Å²) in [4.78, 5) is 11.9. The molecule has 1 aliphatic rings. The van der Waals surface area contributed by atoms with Crippen LogP contribution in [0.2, 0.25) is 0 Å². The highest BCUT2D eigenvalue weighted by molar-refractivity contribution is 7.10. The zero-order valence-corrected chi connectivity index (χ0v) is 9.35. The van der Waals surface area contributed by atoms with E-state index in [1.54, 1.807) is 0 Å². The summed E-state index contributed by atoms with van der Waals surface area (Å²) in [5.74, 6) is -0.733. The Morgan fingerprint density at radius 1 is 1.67 bits per heavy atom. The molecule has 2 N–H and O–H groups in total. The van der Waals surface area contributed by atoms with E-state index in [2.05, 4.69) is 16.8 Å². The van der Waals surface area contributed by atoms with Gasteiger partial charge in [0.15, 0.2) is 0 Å². The van der Waals surface area contributed by atoms with Gasteiger partial charge in [0.1, 0.15) is 0 Å². The average Bonchev–Trinajstić information content (AvgIpc) is 2.65. The van der Waals surface area contributed by atoms with Gasteiger partial charge in [-0.15, -0.1) is 11.3 Å². The van der Waals surface area contributed by atoms with Crippen molar-refractivity contribution in [1.82, 2.24) is 5.32 Å². The predicted molar refractivity (Wildman–Crippen MR) is 60.3 cm³/mol. The zero-order chi connectivity index (χ0) is 10.7. The number of aryl methyl sites for hydroxylation is 1. The molecule has 0 saturated carbocycles. The van der Waals surface area contributed by atoms with E-state index in [0.717, 1.165) is 6.42 Å². The molecule has 4 heteroatoms. The maximum atomic E-state index is 10.4. The summed E-state index contributed by atoms with van der Waals surface area (Å²) in [6, 6.07) is 2.54. The molecule has 0 saturated heterocycles. The fraction of sp³-hybridized carbons (Fsp3) is 0.545. The topological polar surface area (TPSA) is 49.3 Å². The second-order valence-corrected chi connectivity index (χ2v) is 4.84. The molecule has 1 aromatic heterocycles. The van der Waals surface area contributed by atoms with Gasteiger partial charge in [-0.2, -0.15) is 0 Å². The van der Waals surface area contributed by atoms with Crippen LogP contribution < -0.4 is 5.32 Å². The maximum Gasteiger partial charge on any atom is 0.304 e. The van der Waals surface area contributed by atoms with Gasteiger partial charge in [-0.05, 0) is 36.3 Å². The van der Waals surface area contributed by atoms with E-state index in [4.69, 9.17) is 5.11 Å². The van der Waals surface area contributed by atoms with E-state index in [9.17, 15) is 4.79 Å². The fourth-order valence-corrected chi connectivity index (χ4v) is 3.04. The highest BCUT2D eigenvalue weighted by Crippen LogP contribution is 2.32. The normalized spacial score (nSPS) is 19.9. The molecular formula is C11H15NO2S. The van der Waals surface area contributed by atoms with Crippen LogP contribution in [0.5, 0.6) is 0 Å². The molecule has 82 valence electrons. The van der Waals surface area contributed by atoms with Crippen LogP contribution in [0.25, 0.3) is 0 Å². The quantitative estimate of drug-likeness (QED) is 0.825. The maximum absolute atomic E-state index is 10.4. The lowest BCUT2D eigenvalue weighted by Gasteiger charge is -2.23. The summed E-state index contributed by atoms with van der Waals surface area (Å²) < 4.78 is 0. The number of hydrogen-bond acceptors (Lipinski definition) is 3. The second-order valence-electron chi connectivity index (χ2n) is 3.84. The van der Waals surface area contributed by atoms with Crippen LogP contribution in [0.3, 0.4) is 0 Å². The molecule has 2 rings (SSSR count). The Morgan fingerprint density at radius 2 is 2.53 bits per heavy atom. The minimum absolute atomic E-state index is 0.204. The summed E-state index contributed by atoms with van der Waals surface area (Å²) in [5, 5.41) is 14.0. The lowest BCUT2D eigenvalue weighted by Crippen LogP contribution is -2.26. The molecule has 15 heavy (non-hydrogen) atoms. The molecule has 0 aliphatic heterocycles. The van der Waals surface area contributed by atoms with E-state index in [-0.39, 0.29) is 6.42 Å². The molecular weight excluding hydrogens is 210 g/mol. The predicted octanol–water partition coefficient (Wildman–Crippen LogP) is 2.19. The molecule has 1 unspecified atom stereocenters. The lowest BCUT2D eigenvalue weighted by molar-refractivity contribution is -0.136. The Labute approximate surface area is 93.1 Å². The van der Waals surface area contributed by atoms with Crippen molar-refractivity contribution in [3.05, 3.63) is 21.9 Å². The van der Waals surface area contributed by atoms with Crippen molar-refractivity contribution in [2.24, 2.45) is 0 Å². The number of hydrogen-bond donors (Lipinski definition) is 2. The minimum atomic E-state index is -0.733. The standard InChI is InChI=1S/C11H15NO2S/c13-11(14)4-6-12-9-2-1-3-10-8(9)5-7-15-10/h5,7,9,12H,1-4,6H2,(H,13,14). The van der Waals surface area contributed by atoms with Crippen molar-refractivity contribution in [3.8, 4) is 0 Å². The van der Waals surface area contributed by atoms with E-state index in [1.165, 1.54) is 23.3 Å². The Balaban J connectivity index is 1.92. The molecule has 1 heterocycles. The third kappa shape index (κ3) is 2.58. The van der Waals surface area contributed by atoms with Crippen molar-refractivity contribution < 1.29 is 9.90 Å². The largest absolute Gasteiger partial charge is 0.481 e. The smallest absolute Gasteiger partial charge is 0.304 e. The first-order valence-electron chi connectivity index (χ1n) is 5.29. The number of thiophene rings is 1. The Bertz CT molecular complexity index is 348. The van der Waals surface area contributed by atoms with Crippen molar-refractivity contribution in [2.45, 2.75) is 31.7 Å². The highest BCUT2D eigenvalue weighted by Gasteiger charge is 2.20. The minimum Gasteiger partial charge on any atom is -0.481 e. The molecule has 0 bridgehead atoms. The average molecular weight is 225 g/mol. The second kappa shape index (κ2) is 4.77. The van der Waals surface area contributed by atoms with Gasteiger partial charge >= 0.3 is 5.97 Å². The summed E-state index contributed by atoms with van der Waals surface area (Å²) in [7, 11) is 0. The van der Waals surface area contributed by atoms with Crippen molar-refractivity contribution in [3.63, 3.8) is 0 Å². The number of aliphatic carboxylic acids is 1. The zero-order valence-electron chi connectivity index (χ0n) is 8.53. The third-order valence-electron chi connectivity index (χ3n) is 2.78. The Kier molecular flexibility index (Phi) is 3.38. The van der Waals surface area contributed by atoms with E-state index in [1.807, 2.05) is 11.3 Å². The van der Waals surface area contributed by atoms with Crippen LogP contribution in [0, 0.1) is 0 Å². The van der Waals surface area contributed by atoms with Gasteiger partial charge in [0.25, 0.3) is 0 Å². The molecule has 0 amide bonds. The van der Waals surface area contributed by atoms with Crippen LogP contribution in [0.4, 0.5) is 0 Å². The number of rotatable bonds is 4. The number of nitrogens with one attached hydrogen (secondary N) is 1. The van der Waals surface area contributed by atoms with Gasteiger partial charge in [0, 0.05) is 17.5 Å². The molecule has 0 spiro atoms. The number of carbonyl (C=O) groups is 1. The molecule has 0 radical (unpaired) electrons. The molecule has 0 aromatic carbocycles. The van der Waals surface area contributed by atoms with Gasteiger partial charge in [-0.1, -0.05) is 0 Å². The van der Waals surface area contributed by atoms with E-state index < -0.39 is 5.97 Å². The van der Waals surface area contributed by atoms with E-state index in [0.29, 0.717) is 12.6 Å². The van der Waals surface area contributed by atoms with Gasteiger partial charge in [0.2, 0.25) is 0 Å². The van der Waals surface area contributed by atoms with Crippen LogP contribution in [0.1, 0.15) is 35.7 Å². The fourth-order valence-electron chi connectivity index (χ4n) is 2.05. The summed E-state index contributed by atoms with van der Waals surface area (Å²) in [6.07, 6.45) is 3.72. The van der Waals surface area contributed by atoms with Gasteiger partial charge in [0.05, 0.1) is 6.42 Å². The first-order chi connectivity index (χ1) is 7.27. The van der Waals surface area contributed by atoms with Crippen LogP contribution in [-0.4, -0.2) is 17.6 Å². The van der Waals surface area contributed by atoms with Crippen LogP contribution in [-0.2, 0) is 11.2 Å². The Hall–Kier alpha value is -0.870. The SMILES string of the molecule is O=C(O)CCNC1CCCc2sccc21. The molecule has 1 aliphatic carbocycles. The molecule has 1 aromatic rings. The van der Waals surface area contributed by atoms with Crippen LogP contribution in [0.15, 0.2) is 11.4 Å². The van der Waals surface area contributed by atoms with Gasteiger partial charge < -0.3 is 10.4 Å². The summed E-state index contributed by atoms with van der Waals surface area (Å²) in [5.41, 5.74) is 1.39. The Morgan fingerprint density at radius 3 is 3.33 bits per heavy atom.